The Balaban J connectivity index is 1.43. The first-order valence-electron chi connectivity index (χ1n) is 12.7. The lowest BCUT2D eigenvalue weighted by Gasteiger charge is -2.41. The summed E-state index contributed by atoms with van der Waals surface area (Å²) in [7, 11) is 0. The van der Waals surface area contributed by atoms with Crippen molar-refractivity contribution >= 4 is 17.8 Å². The molecule has 1 aromatic heterocycles. The number of hydrogen-bond acceptors (Lipinski definition) is 8. The highest BCUT2D eigenvalue weighted by Crippen LogP contribution is 2.32. The van der Waals surface area contributed by atoms with E-state index in [4.69, 9.17) is 14.2 Å². The molecule has 3 atom stereocenters. The van der Waals surface area contributed by atoms with Crippen LogP contribution >= 0.6 is 0 Å². The normalized spacial score (nSPS) is 22.3. The number of amides is 1. The maximum absolute atomic E-state index is 13.8. The molecule has 4 rings (SSSR count). The van der Waals surface area contributed by atoms with Crippen LogP contribution in [0.3, 0.4) is 0 Å². The number of aromatic nitrogens is 2. The second kappa shape index (κ2) is 11.2. The molecule has 0 radical (unpaired) electrons. The van der Waals surface area contributed by atoms with Crippen molar-refractivity contribution in [1.29, 1.82) is 0 Å². The molecular weight excluding hydrogens is 460 g/mol. The molecule has 36 heavy (non-hydrogen) atoms. The maximum Gasteiger partial charge on any atom is 0.338 e. The van der Waals surface area contributed by atoms with Crippen LogP contribution < -0.4 is 9.64 Å². The van der Waals surface area contributed by atoms with Gasteiger partial charge in [0, 0.05) is 51.9 Å². The summed E-state index contributed by atoms with van der Waals surface area (Å²) in [6, 6.07) is 9.72. The monoisotopic (exact) mass is 496 g/mol. The van der Waals surface area contributed by atoms with Crippen LogP contribution in [0.4, 0.5) is 5.95 Å². The zero-order valence-electron chi connectivity index (χ0n) is 21.6. The van der Waals surface area contributed by atoms with E-state index < -0.39 is 23.8 Å². The number of anilines is 1. The molecule has 1 aromatic carbocycles. The first-order chi connectivity index (χ1) is 17.3. The molecule has 2 aromatic rings. The fraction of sp³-hybridized carbons (Fsp3) is 0.556. The van der Waals surface area contributed by atoms with Crippen LogP contribution in [0.1, 0.15) is 46.1 Å². The van der Waals surface area contributed by atoms with Crippen LogP contribution in [-0.4, -0.2) is 70.9 Å². The zero-order valence-corrected chi connectivity index (χ0v) is 21.6. The van der Waals surface area contributed by atoms with E-state index in [2.05, 4.69) is 14.9 Å². The van der Waals surface area contributed by atoms with Crippen LogP contribution in [0.5, 0.6) is 5.75 Å². The Morgan fingerprint density at radius 1 is 1.19 bits per heavy atom. The molecule has 2 aliphatic rings. The van der Waals surface area contributed by atoms with Gasteiger partial charge in [0.05, 0.1) is 12.5 Å². The summed E-state index contributed by atoms with van der Waals surface area (Å²) in [6.07, 6.45) is 4.58. The third-order valence-corrected chi connectivity index (χ3v) is 6.63. The lowest BCUT2D eigenvalue weighted by Crippen LogP contribution is -2.57. The number of benzene rings is 1. The fourth-order valence-electron chi connectivity index (χ4n) is 4.91. The lowest BCUT2D eigenvalue weighted by atomic mass is 9.92. The van der Waals surface area contributed by atoms with Crippen molar-refractivity contribution in [2.24, 2.45) is 5.92 Å². The largest absolute Gasteiger partial charge is 0.494 e. The maximum atomic E-state index is 13.8. The van der Waals surface area contributed by atoms with Crippen molar-refractivity contribution in [3.63, 3.8) is 0 Å². The molecular formula is C27H36N4O5. The molecule has 194 valence electrons. The van der Waals surface area contributed by atoms with Crippen LogP contribution in [0, 0.1) is 5.92 Å². The number of nitrogens with zero attached hydrogens (tertiary/aromatic N) is 4. The SMILES string of the molecule is CCOc1ccc(CCC[C@H](C(=O)N2CCN(c3ncccn3)C[C@H]2C)[C@@H]2OC(C)(C)OC2=O)cc1. The Morgan fingerprint density at radius 2 is 1.92 bits per heavy atom. The predicted octanol–water partition coefficient (Wildman–Crippen LogP) is 3.23. The average molecular weight is 497 g/mol. The van der Waals surface area contributed by atoms with E-state index in [-0.39, 0.29) is 11.9 Å². The molecule has 0 aliphatic carbocycles. The molecule has 2 fully saturated rings. The van der Waals surface area contributed by atoms with Crippen molar-refractivity contribution in [2.45, 2.75) is 64.9 Å². The Labute approximate surface area is 212 Å². The second-order valence-electron chi connectivity index (χ2n) is 9.81. The third-order valence-electron chi connectivity index (χ3n) is 6.63. The fourth-order valence-corrected chi connectivity index (χ4v) is 4.91. The Hall–Kier alpha value is -3.20. The van der Waals surface area contributed by atoms with Gasteiger partial charge in [-0.1, -0.05) is 12.1 Å². The second-order valence-corrected chi connectivity index (χ2v) is 9.81. The highest BCUT2D eigenvalue weighted by atomic mass is 16.8. The molecule has 2 aliphatic heterocycles. The molecule has 0 saturated carbocycles. The van der Waals surface area contributed by atoms with E-state index >= 15 is 0 Å². The number of hydrogen-bond donors (Lipinski definition) is 0. The minimum Gasteiger partial charge on any atom is -0.494 e. The molecule has 2 saturated heterocycles. The highest BCUT2D eigenvalue weighted by Gasteiger charge is 2.49. The van der Waals surface area contributed by atoms with Gasteiger partial charge in [-0.3, -0.25) is 4.79 Å². The number of ether oxygens (including phenoxy) is 3. The number of cyclic esters (lactones) is 1. The zero-order chi connectivity index (χ0) is 25.7. The smallest absolute Gasteiger partial charge is 0.338 e. The number of carbonyl (C=O) groups excluding carboxylic acids is 2. The van der Waals surface area contributed by atoms with Crippen LogP contribution in [0.25, 0.3) is 0 Å². The molecule has 0 bridgehead atoms. The summed E-state index contributed by atoms with van der Waals surface area (Å²) >= 11 is 0. The van der Waals surface area contributed by atoms with E-state index in [1.807, 2.05) is 43.0 Å². The van der Waals surface area contributed by atoms with Crippen molar-refractivity contribution in [1.82, 2.24) is 14.9 Å². The number of piperazine rings is 1. The highest BCUT2D eigenvalue weighted by molar-refractivity contribution is 5.88. The van der Waals surface area contributed by atoms with Crippen LogP contribution in [0.2, 0.25) is 0 Å². The number of esters is 1. The molecule has 0 unspecified atom stereocenters. The first-order valence-corrected chi connectivity index (χ1v) is 12.7. The van der Waals surface area contributed by atoms with Crippen molar-refractivity contribution in [3.05, 3.63) is 48.3 Å². The van der Waals surface area contributed by atoms with E-state index in [1.54, 1.807) is 32.3 Å². The van der Waals surface area contributed by atoms with Gasteiger partial charge < -0.3 is 24.0 Å². The van der Waals surface area contributed by atoms with Gasteiger partial charge in [0.1, 0.15) is 5.75 Å². The standard InChI is InChI=1S/C27H36N4O5/c1-5-34-21-12-10-20(11-13-21)8-6-9-22(23-25(33)36-27(3,4)35-23)24(32)31-17-16-30(18-19(31)2)26-28-14-7-15-29-26/h7,10-15,19,22-23H,5-6,8-9,16-18H2,1-4H3/t19-,22+,23+/m1/s1. The summed E-state index contributed by atoms with van der Waals surface area (Å²) < 4.78 is 16.9. The summed E-state index contributed by atoms with van der Waals surface area (Å²) in [5.74, 6) is -0.681. The number of rotatable bonds is 9. The van der Waals surface area contributed by atoms with Gasteiger partial charge in [0.15, 0.2) is 6.10 Å². The van der Waals surface area contributed by atoms with Crippen molar-refractivity contribution in [2.75, 3.05) is 31.1 Å². The van der Waals surface area contributed by atoms with E-state index in [0.717, 1.165) is 24.2 Å². The van der Waals surface area contributed by atoms with Crippen LogP contribution in [-0.2, 0) is 25.5 Å². The molecule has 0 N–H and O–H groups in total. The lowest BCUT2D eigenvalue weighted by molar-refractivity contribution is -0.163. The Bertz CT molecular complexity index is 1030. The van der Waals surface area contributed by atoms with Crippen molar-refractivity contribution < 1.29 is 23.8 Å². The van der Waals surface area contributed by atoms with Gasteiger partial charge in [-0.2, -0.15) is 0 Å². The average Bonchev–Trinajstić information content (AvgIpc) is 3.14. The molecule has 0 spiro atoms. The quantitative estimate of drug-likeness (QED) is 0.489. The van der Waals surface area contributed by atoms with E-state index in [0.29, 0.717) is 38.6 Å². The Morgan fingerprint density at radius 3 is 2.53 bits per heavy atom. The van der Waals surface area contributed by atoms with Gasteiger partial charge in [-0.05, 0) is 56.9 Å². The number of carbonyl (C=O) groups is 2. The minimum atomic E-state index is -1.04. The summed E-state index contributed by atoms with van der Waals surface area (Å²) in [4.78, 5) is 39.2. The number of aryl methyl sites for hydroxylation is 1. The molecule has 9 heteroatoms. The predicted molar refractivity (Wildman–Crippen MR) is 135 cm³/mol. The third kappa shape index (κ3) is 6.13. The topological polar surface area (TPSA) is 94.1 Å². The van der Waals surface area contributed by atoms with E-state index in [1.165, 1.54) is 0 Å². The van der Waals surface area contributed by atoms with Gasteiger partial charge in [-0.15, -0.1) is 0 Å². The Kier molecular flexibility index (Phi) is 8.08. The summed E-state index contributed by atoms with van der Waals surface area (Å²) in [5.41, 5.74) is 1.16. The molecule has 3 heterocycles. The summed E-state index contributed by atoms with van der Waals surface area (Å²) in [5, 5.41) is 0. The van der Waals surface area contributed by atoms with E-state index in [9.17, 15) is 9.59 Å². The van der Waals surface area contributed by atoms with Gasteiger partial charge in [0.2, 0.25) is 17.6 Å². The van der Waals surface area contributed by atoms with Gasteiger partial charge in [0.25, 0.3) is 0 Å². The molecule has 1 amide bonds. The molecule has 9 nitrogen and oxygen atoms in total. The van der Waals surface area contributed by atoms with Gasteiger partial charge >= 0.3 is 5.97 Å². The first kappa shape index (κ1) is 25.9. The minimum absolute atomic E-state index is 0.0610. The summed E-state index contributed by atoms with van der Waals surface area (Å²) in [6.45, 7) is 9.78. The van der Waals surface area contributed by atoms with Crippen LogP contribution in [0.15, 0.2) is 42.7 Å². The van der Waals surface area contributed by atoms with Crippen molar-refractivity contribution in [3.8, 4) is 5.75 Å². The van der Waals surface area contributed by atoms with Gasteiger partial charge in [-0.25, -0.2) is 14.8 Å².